The molecular weight excluding hydrogens is 359 g/mol. The van der Waals surface area contributed by atoms with Gasteiger partial charge in [0.05, 0.1) is 12.1 Å². The summed E-state index contributed by atoms with van der Waals surface area (Å²) in [6, 6.07) is 5.71. The second kappa shape index (κ2) is 6.59. The predicted molar refractivity (Wildman–Crippen MR) is 85.8 cm³/mol. The Morgan fingerprint density at radius 2 is 2.12 bits per heavy atom. The van der Waals surface area contributed by atoms with E-state index in [4.69, 9.17) is 16.3 Å². The summed E-state index contributed by atoms with van der Waals surface area (Å²) in [6.45, 7) is -0.300. The fourth-order valence-electron chi connectivity index (χ4n) is 2.48. The third kappa shape index (κ3) is 4.07. The lowest BCUT2D eigenvalue weighted by molar-refractivity contribution is -0.141. The third-order valence-electron chi connectivity index (χ3n) is 3.83. The van der Waals surface area contributed by atoms with Crippen LogP contribution in [0.5, 0.6) is 5.75 Å². The van der Waals surface area contributed by atoms with Crippen LogP contribution in [0.15, 0.2) is 24.3 Å². The number of methoxy groups -OCH3 is 1. The maximum Gasteiger partial charge on any atom is 0.435 e. The van der Waals surface area contributed by atoms with Gasteiger partial charge >= 0.3 is 6.18 Å². The number of aromatic nitrogens is 2. The highest BCUT2D eigenvalue weighted by molar-refractivity contribution is 6.32. The number of amides is 1. The van der Waals surface area contributed by atoms with Crippen LogP contribution in [0.1, 0.15) is 30.1 Å². The molecule has 25 heavy (non-hydrogen) atoms. The van der Waals surface area contributed by atoms with E-state index < -0.39 is 17.8 Å². The average Bonchev–Trinajstić information content (AvgIpc) is 3.27. The molecule has 1 saturated carbocycles. The molecule has 1 aliphatic carbocycles. The molecule has 0 aliphatic heterocycles. The zero-order valence-corrected chi connectivity index (χ0v) is 14.0. The fourth-order valence-corrected chi connectivity index (χ4v) is 2.74. The first kappa shape index (κ1) is 17.6. The first-order valence-corrected chi connectivity index (χ1v) is 7.94. The Balaban J connectivity index is 1.74. The molecule has 0 bridgehead atoms. The Morgan fingerprint density at radius 3 is 2.68 bits per heavy atom. The second-order valence-electron chi connectivity index (χ2n) is 5.78. The van der Waals surface area contributed by atoms with E-state index in [0.717, 1.165) is 23.6 Å². The summed E-state index contributed by atoms with van der Waals surface area (Å²) in [5, 5.41) is 6.47. The molecule has 1 aromatic heterocycles. The Bertz CT molecular complexity index is 800. The van der Waals surface area contributed by atoms with Crippen molar-refractivity contribution in [1.82, 2.24) is 9.78 Å². The number of rotatable bonds is 5. The fraction of sp³-hybridized carbons (Fsp3) is 0.375. The van der Waals surface area contributed by atoms with Crippen LogP contribution in [0.25, 0.3) is 0 Å². The lowest BCUT2D eigenvalue weighted by atomic mass is 10.2. The van der Waals surface area contributed by atoms with E-state index in [1.807, 2.05) is 0 Å². The molecule has 1 amide bonds. The molecule has 9 heteroatoms. The number of alkyl halides is 3. The van der Waals surface area contributed by atoms with Crippen LogP contribution >= 0.6 is 11.6 Å². The Morgan fingerprint density at radius 1 is 1.40 bits per heavy atom. The molecule has 0 atom stereocenters. The largest absolute Gasteiger partial charge is 0.495 e. The van der Waals surface area contributed by atoms with E-state index in [2.05, 4.69) is 10.4 Å². The Labute approximate surface area is 146 Å². The molecule has 0 spiro atoms. The van der Waals surface area contributed by atoms with E-state index in [1.54, 1.807) is 12.1 Å². The normalized spacial score (nSPS) is 14.4. The van der Waals surface area contributed by atoms with Gasteiger partial charge in [0.25, 0.3) is 0 Å². The van der Waals surface area contributed by atoms with Gasteiger partial charge in [0.15, 0.2) is 5.69 Å². The minimum Gasteiger partial charge on any atom is -0.495 e. The molecule has 134 valence electrons. The summed E-state index contributed by atoms with van der Waals surface area (Å²) in [4.78, 5) is 12.2. The highest BCUT2D eigenvalue weighted by Gasteiger charge is 2.38. The van der Waals surface area contributed by atoms with Gasteiger partial charge in [0.1, 0.15) is 12.3 Å². The van der Waals surface area contributed by atoms with Gasteiger partial charge in [-0.2, -0.15) is 18.3 Å². The highest BCUT2D eigenvalue weighted by Crippen LogP contribution is 2.42. The maximum atomic E-state index is 12.9. The number of ether oxygens (including phenoxy) is 1. The van der Waals surface area contributed by atoms with Crippen molar-refractivity contribution in [3.8, 4) is 5.75 Å². The zero-order chi connectivity index (χ0) is 18.2. The average molecular weight is 374 g/mol. The van der Waals surface area contributed by atoms with E-state index in [0.29, 0.717) is 22.2 Å². The molecule has 3 rings (SSSR count). The van der Waals surface area contributed by atoms with Crippen molar-refractivity contribution in [2.45, 2.75) is 31.5 Å². The number of hydrogen-bond donors (Lipinski definition) is 1. The molecule has 2 aromatic rings. The molecule has 5 nitrogen and oxygen atoms in total. The highest BCUT2D eigenvalue weighted by atomic mass is 35.5. The minimum absolute atomic E-state index is 0.0341. The van der Waals surface area contributed by atoms with Gasteiger partial charge in [-0.15, -0.1) is 0 Å². The van der Waals surface area contributed by atoms with Crippen LogP contribution in [-0.2, 0) is 17.5 Å². The number of nitrogens with zero attached hydrogens (tertiary/aromatic N) is 2. The molecular formula is C16H15ClF3N3O2. The third-order valence-corrected chi connectivity index (χ3v) is 4.12. The molecule has 1 N–H and O–H groups in total. The van der Waals surface area contributed by atoms with Crippen molar-refractivity contribution >= 4 is 23.2 Å². The molecule has 0 radical (unpaired) electrons. The molecule has 1 heterocycles. The summed E-state index contributed by atoms with van der Waals surface area (Å²) in [7, 11) is 1.47. The van der Waals surface area contributed by atoms with Crippen LogP contribution in [0, 0.1) is 0 Å². The maximum absolute atomic E-state index is 12.9. The van der Waals surface area contributed by atoms with Gasteiger partial charge in [-0.05, 0) is 37.1 Å². The topological polar surface area (TPSA) is 56.1 Å². The first-order chi connectivity index (χ1) is 11.8. The summed E-state index contributed by atoms with van der Waals surface area (Å²) in [5.74, 6) is 0.00405. The zero-order valence-electron chi connectivity index (χ0n) is 13.2. The molecule has 0 unspecified atom stereocenters. The number of halogens is 4. The predicted octanol–water partition coefficient (Wildman–Crippen LogP) is 4.08. The van der Waals surface area contributed by atoms with Crippen LogP contribution in [0.2, 0.25) is 5.02 Å². The van der Waals surface area contributed by atoms with Crippen molar-refractivity contribution in [2.75, 3.05) is 12.4 Å². The lowest BCUT2D eigenvalue weighted by Crippen LogP contribution is -2.21. The molecule has 1 aromatic carbocycles. The van der Waals surface area contributed by atoms with Crippen LogP contribution in [0.3, 0.4) is 0 Å². The summed E-state index contributed by atoms with van der Waals surface area (Å²) >= 11 is 5.98. The van der Waals surface area contributed by atoms with Crippen LogP contribution in [-0.4, -0.2) is 22.8 Å². The van der Waals surface area contributed by atoms with Crippen molar-refractivity contribution in [1.29, 1.82) is 0 Å². The van der Waals surface area contributed by atoms with E-state index in [1.165, 1.54) is 13.2 Å². The molecule has 1 fully saturated rings. The summed E-state index contributed by atoms with van der Waals surface area (Å²) < 4.78 is 44.7. The smallest absolute Gasteiger partial charge is 0.435 e. The van der Waals surface area contributed by atoms with E-state index in [9.17, 15) is 18.0 Å². The van der Waals surface area contributed by atoms with Gasteiger partial charge < -0.3 is 10.1 Å². The number of nitrogens with one attached hydrogen (secondary N) is 1. The number of hydrogen-bond acceptors (Lipinski definition) is 3. The summed E-state index contributed by atoms with van der Waals surface area (Å²) in [6.07, 6.45) is -2.92. The SMILES string of the molecule is COc1ccc(NC(=O)Cn2nc(C(F)(F)F)cc2C2CC2)cc1Cl. The molecule has 0 saturated heterocycles. The Kier molecular flexibility index (Phi) is 4.64. The van der Waals surface area contributed by atoms with Crippen LogP contribution in [0.4, 0.5) is 18.9 Å². The van der Waals surface area contributed by atoms with Crippen molar-refractivity contribution in [3.05, 3.63) is 40.7 Å². The van der Waals surface area contributed by atoms with Gasteiger partial charge in [-0.1, -0.05) is 11.6 Å². The standard InChI is InChI=1S/C16H15ClF3N3O2/c1-25-13-5-4-10(6-11(13)17)21-15(24)8-23-12(9-2-3-9)7-14(22-23)16(18,19)20/h4-7,9H,2-3,8H2,1H3,(H,21,24). The lowest BCUT2D eigenvalue weighted by Gasteiger charge is -2.10. The first-order valence-electron chi connectivity index (χ1n) is 7.56. The number of carbonyl (C=O) groups is 1. The van der Waals surface area contributed by atoms with Crippen molar-refractivity contribution in [2.24, 2.45) is 0 Å². The van der Waals surface area contributed by atoms with Gasteiger partial charge in [-0.25, -0.2) is 0 Å². The number of anilines is 1. The van der Waals surface area contributed by atoms with Gasteiger partial charge in [-0.3, -0.25) is 9.48 Å². The monoisotopic (exact) mass is 373 g/mol. The number of benzene rings is 1. The minimum atomic E-state index is -4.53. The van der Waals surface area contributed by atoms with E-state index >= 15 is 0 Å². The second-order valence-corrected chi connectivity index (χ2v) is 6.19. The Hall–Kier alpha value is -2.22. The van der Waals surface area contributed by atoms with Crippen LogP contribution < -0.4 is 10.1 Å². The van der Waals surface area contributed by atoms with Gasteiger partial charge in [0, 0.05) is 17.3 Å². The van der Waals surface area contributed by atoms with Gasteiger partial charge in [0.2, 0.25) is 5.91 Å². The van der Waals surface area contributed by atoms with Crippen molar-refractivity contribution in [3.63, 3.8) is 0 Å². The van der Waals surface area contributed by atoms with Crippen molar-refractivity contribution < 1.29 is 22.7 Å². The van der Waals surface area contributed by atoms with E-state index in [-0.39, 0.29) is 12.5 Å². The molecule has 1 aliphatic rings. The number of carbonyl (C=O) groups excluding carboxylic acids is 1. The summed E-state index contributed by atoms with van der Waals surface area (Å²) in [5.41, 5.74) is -0.114. The quantitative estimate of drug-likeness (QED) is 0.859.